The number of ether oxygens (including phenoxy) is 2. The molecular formula is C23H34F3N4O3+. The van der Waals surface area contributed by atoms with Crippen LogP contribution in [0.25, 0.3) is 0 Å². The zero-order valence-electron chi connectivity index (χ0n) is 19.0. The highest BCUT2D eigenvalue weighted by Gasteiger charge is 2.31. The van der Waals surface area contributed by atoms with Gasteiger partial charge in [0.25, 0.3) is 0 Å². The number of rotatable bonds is 11. The average Bonchev–Trinajstić information content (AvgIpc) is 2.77. The molecule has 1 fully saturated rings. The summed E-state index contributed by atoms with van der Waals surface area (Å²) in [6.07, 6.45) is 1.31. The molecule has 3 unspecified atom stereocenters. The predicted octanol–water partition coefficient (Wildman–Crippen LogP) is 3.19. The Balaban J connectivity index is 1.88. The molecule has 3 atom stereocenters. The molecule has 0 aromatic heterocycles. The lowest BCUT2D eigenvalue weighted by molar-refractivity contribution is -0.609. The fraction of sp³-hybridized carbons (Fsp3) is 0.565. The van der Waals surface area contributed by atoms with Gasteiger partial charge in [-0.25, -0.2) is 0 Å². The smallest absolute Gasteiger partial charge is 0.406 e. The van der Waals surface area contributed by atoms with E-state index < -0.39 is 12.3 Å². The molecular weight excluding hydrogens is 437 g/mol. The maximum Gasteiger partial charge on any atom is 0.573 e. The van der Waals surface area contributed by atoms with Crippen molar-refractivity contribution in [3.8, 4) is 5.75 Å². The van der Waals surface area contributed by atoms with E-state index in [2.05, 4.69) is 17.0 Å². The molecule has 0 aliphatic carbocycles. The number of halogens is 3. The maximum absolute atomic E-state index is 12.8. The summed E-state index contributed by atoms with van der Waals surface area (Å²) in [4.78, 5) is 12.8. The van der Waals surface area contributed by atoms with Gasteiger partial charge in [-0.3, -0.25) is 4.79 Å². The van der Waals surface area contributed by atoms with E-state index in [4.69, 9.17) is 15.9 Å². The van der Waals surface area contributed by atoms with Gasteiger partial charge >= 0.3 is 6.36 Å². The van der Waals surface area contributed by atoms with E-state index in [0.717, 1.165) is 38.7 Å². The second kappa shape index (κ2) is 12.6. The number of benzene rings is 1. The van der Waals surface area contributed by atoms with Crippen LogP contribution in [0.2, 0.25) is 0 Å². The van der Waals surface area contributed by atoms with Crippen LogP contribution in [0.1, 0.15) is 39.5 Å². The first-order chi connectivity index (χ1) is 15.6. The molecule has 1 amide bonds. The van der Waals surface area contributed by atoms with Gasteiger partial charge in [-0.15, -0.1) is 13.2 Å². The molecule has 184 valence electrons. The number of carbonyl (C=O) groups is 1. The zero-order chi connectivity index (χ0) is 24.4. The summed E-state index contributed by atoms with van der Waals surface area (Å²) in [6.45, 7) is 5.56. The van der Waals surface area contributed by atoms with E-state index in [1.807, 2.05) is 0 Å². The summed E-state index contributed by atoms with van der Waals surface area (Å²) in [5.41, 5.74) is 6.97. The number of amides is 1. The maximum atomic E-state index is 12.8. The molecule has 1 saturated heterocycles. The quantitative estimate of drug-likeness (QED) is 0.293. The van der Waals surface area contributed by atoms with Crippen LogP contribution in [0.15, 0.2) is 36.2 Å². The number of quaternary nitrogens is 1. The normalized spacial score (nSPS) is 18.3. The van der Waals surface area contributed by atoms with E-state index in [9.17, 15) is 18.0 Å². The van der Waals surface area contributed by atoms with Crippen LogP contribution in [0, 0.1) is 23.2 Å². The van der Waals surface area contributed by atoms with Crippen LogP contribution >= 0.6 is 0 Å². The van der Waals surface area contributed by atoms with Gasteiger partial charge in [0, 0.05) is 43.5 Å². The highest BCUT2D eigenvalue weighted by molar-refractivity contribution is 5.94. The number of nitrogens with one attached hydrogen (secondary N) is 2. The Morgan fingerprint density at radius 1 is 1.30 bits per heavy atom. The van der Waals surface area contributed by atoms with Crippen molar-refractivity contribution in [2.45, 2.75) is 51.9 Å². The number of hydrogen-bond acceptors (Lipinski definition) is 5. The number of carbonyl (C=O) groups excluding carboxylic acids is 1. The van der Waals surface area contributed by atoms with E-state index in [1.165, 1.54) is 30.5 Å². The summed E-state index contributed by atoms with van der Waals surface area (Å²) in [5, 5.41) is 12.3. The molecule has 6 N–H and O–H groups in total. The molecule has 2 rings (SSSR count). The molecule has 1 heterocycles. The van der Waals surface area contributed by atoms with Crippen LogP contribution in [-0.4, -0.2) is 37.7 Å². The first kappa shape index (κ1) is 26.7. The third-order valence-electron chi connectivity index (χ3n) is 6.04. The largest absolute Gasteiger partial charge is 0.573 e. The Labute approximate surface area is 192 Å². The second-order valence-corrected chi connectivity index (χ2v) is 8.48. The van der Waals surface area contributed by atoms with Gasteiger partial charge < -0.3 is 31.3 Å². The summed E-state index contributed by atoms with van der Waals surface area (Å²) in [5.74, 6) is -0.331. The average molecular weight is 472 g/mol. The second-order valence-electron chi connectivity index (χ2n) is 8.48. The first-order valence-corrected chi connectivity index (χ1v) is 11.1. The highest BCUT2D eigenvalue weighted by atomic mass is 19.4. The zero-order valence-corrected chi connectivity index (χ0v) is 19.0. The highest BCUT2D eigenvalue weighted by Crippen LogP contribution is 2.27. The van der Waals surface area contributed by atoms with Crippen LogP contribution < -0.4 is 21.1 Å². The summed E-state index contributed by atoms with van der Waals surface area (Å²) >= 11 is 0. The fourth-order valence-corrected chi connectivity index (χ4v) is 3.99. The van der Waals surface area contributed by atoms with Crippen molar-refractivity contribution in [3.05, 3.63) is 36.2 Å². The molecule has 1 aromatic rings. The topological polar surface area (TPSA) is 114 Å². The van der Waals surface area contributed by atoms with Gasteiger partial charge in [-0.1, -0.05) is 6.92 Å². The predicted molar refractivity (Wildman–Crippen MR) is 119 cm³/mol. The van der Waals surface area contributed by atoms with E-state index in [0.29, 0.717) is 29.6 Å². The lowest BCUT2D eigenvalue weighted by Crippen LogP contribution is -2.86. The minimum atomic E-state index is -4.75. The molecule has 0 bridgehead atoms. The standard InChI is InChI=1S/C23H33F3N4O3/c1-15(17-9-11-32-12-10-17)3-4-19(13-27)30-22(31)21(14-28)16(2)29-18-5-7-20(8-6-18)33-23(24,25)26/h5-8,13-17,21,28-29H,3-4,9-12,27H2,1-2H3,(H,30,31)/p+1/b19-13+,28-14?. The van der Waals surface area contributed by atoms with E-state index in [1.54, 1.807) is 12.2 Å². The van der Waals surface area contributed by atoms with Crippen molar-refractivity contribution in [1.29, 1.82) is 5.41 Å². The summed E-state index contributed by atoms with van der Waals surface area (Å²) < 4.78 is 46.2. The number of hydrogen-bond donors (Lipinski definition) is 4. The van der Waals surface area contributed by atoms with Crippen molar-refractivity contribution in [1.82, 2.24) is 5.32 Å². The Morgan fingerprint density at radius 3 is 2.48 bits per heavy atom. The van der Waals surface area contributed by atoms with Crippen molar-refractivity contribution >= 4 is 17.8 Å². The molecule has 0 radical (unpaired) electrons. The van der Waals surface area contributed by atoms with Gasteiger partial charge in [0.05, 0.1) is 0 Å². The number of allylic oxidation sites excluding steroid dienone is 1. The van der Waals surface area contributed by atoms with Gasteiger partial charge in [0.1, 0.15) is 23.4 Å². The third-order valence-corrected chi connectivity index (χ3v) is 6.04. The Morgan fingerprint density at radius 2 is 1.94 bits per heavy atom. The van der Waals surface area contributed by atoms with Gasteiger partial charge in [0.15, 0.2) is 0 Å². The third kappa shape index (κ3) is 9.05. The van der Waals surface area contributed by atoms with Crippen LogP contribution in [-0.2, 0) is 9.53 Å². The lowest BCUT2D eigenvalue weighted by Gasteiger charge is -2.28. The van der Waals surface area contributed by atoms with Crippen molar-refractivity contribution in [2.24, 2.45) is 23.5 Å². The fourth-order valence-electron chi connectivity index (χ4n) is 3.99. The van der Waals surface area contributed by atoms with E-state index in [-0.39, 0.29) is 17.7 Å². The van der Waals surface area contributed by atoms with Crippen LogP contribution in [0.4, 0.5) is 18.9 Å². The van der Waals surface area contributed by atoms with Gasteiger partial charge in [0.2, 0.25) is 5.91 Å². The summed E-state index contributed by atoms with van der Waals surface area (Å²) in [7, 11) is 0. The number of alkyl halides is 3. The number of nitrogens with two attached hydrogens (primary N) is 2. The monoisotopic (exact) mass is 471 g/mol. The van der Waals surface area contributed by atoms with Crippen molar-refractivity contribution in [2.75, 3.05) is 13.2 Å². The molecule has 0 spiro atoms. The molecule has 7 nitrogen and oxygen atoms in total. The lowest BCUT2D eigenvalue weighted by atomic mass is 9.84. The SMILES string of the molecule is CC(CC/C(=C\N)NC(=O)C(C=N)C(C)[NH2+]c1ccc(OC(F)(F)F)cc1)C1CCOCC1. The molecule has 1 aromatic carbocycles. The van der Waals surface area contributed by atoms with Crippen molar-refractivity contribution < 1.29 is 32.8 Å². The molecule has 33 heavy (non-hydrogen) atoms. The summed E-state index contributed by atoms with van der Waals surface area (Å²) in [6, 6.07) is 5.00. The molecule has 10 heteroatoms. The van der Waals surface area contributed by atoms with Gasteiger partial charge in [-0.2, -0.15) is 0 Å². The van der Waals surface area contributed by atoms with Crippen molar-refractivity contribution in [3.63, 3.8) is 0 Å². The van der Waals surface area contributed by atoms with Gasteiger partial charge in [-0.05, 0) is 56.6 Å². The minimum absolute atomic E-state index is 0.318. The van der Waals surface area contributed by atoms with Crippen LogP contribution in [0.3, 0.4) is 0 Å². The minimum Gasteiger partial charge on any atom is -0.406 e. The first-order valence-electron chi connectivity index (χ1n) is 11.1. The Kier molecular flexibility index (Phi) is 10.2. The Bertz CT molecular complexity index is 793. The Hall–Kier alpha value is -2.59. The van der Waals surface area contributed by atoms with Crippen LogP contribution in [0.5, 0.6) is 5.75 Å². The molecule has 0 saturated carbocycles. The van der Waals surface area contributed by atoms with E-state index >= 15 is 0 Å². The molecule has 1 aliphatic heterocycles. The molecule has 1 aliphatic rings.